The molecule has 0 aliphatic carbocycles. The molecule has 0 fully saturated rings. The van der Waals surface area contributed by atoms with Crippen LogP contribution in [0.5, 0.6) is 0 Å². The molecule has 0 bridgehead atoms. The fourth-order valence-corrected chi connectivity index (χ4v) is 2.08. The van der Waals surface area contributed by atoms with Crippen molar-refractivity contribution in [1.82, 2.24) is 4.90 Å². The molecule has 92 valence electrons. The van der Waals surface area contributed by atoms with E-state index >= 15 is 0 Å². The fraction of sp³-hybridized carbons (Fsp3) is 0.500. The molecule has 0 heterocycles. The minimum Gasteiger partial charge on any atom is -0.299 e. The van der Waals surface area contributed by atoms with Crippen LogP contribution in [0.2, 0.25) is 0 Å². The summed E-state index contributed by atoms with van der Waals surface area (Å²) >= 11 is 0. The molecule has 0 saturated carbocycles. The lowest BCUT2D eigenvalue weighted by molar-refractivity contribution is 0.219. The average molecular weight is 234 g/mol. The van der Waals surface area contributed by atoms with Gasteiger partial charge in [-0.15, -0.1) is 0 Å². The summed E-state index contributed by atoms with van der Waals surface area (Å²) in [4.78, 5) is 2.14. The standard InChI is InChI=1S/C14H19FN2/c1-4-13(5-2)17(3)10-12-8-11(9-16)6-7-14(12)15/h6-8,13H,4-5,10H2,1-3H3. The Balaban J connectivity index is 2.84. The van der Waals surface area contributed by atoms with E-state index in [-0.39, 0.29) is 5.82 Å². The van der Waals surface area contributed by atoms with E-state index < -0.39 is 0 Å². The van der Waals surface area contributed by atoms with Gasteiger partial charge in [0, 0.05) is 18.2 Å². The second-order valence-electron chi connectivity index (χ2n) is 4.30. The van der Waals surface area contributed by atoms with Gasteiger partial charge in [0.2, 0.25) is 0 Å². The summed E-state index contributed by atoms with van der Waals surface area (Å²) in [5.74, 6) is -0.234. The van der Waals surface area contributed by atoms with Crippen molar-refractivity contribution >= 4 is 0 Å². The molecular formula is C14H19FN2. The first-order valence-electron chi connectivity index (χ1n) is 6.01. The van der Waals surface area contributed by atoms with Crippen LogP contribution in [0.25, 0.3) is 0 Å². The number of benzene rings is 1. The fourth-order valence-electron chi connectivity index (χ4n) is 2.08. The third-order valence-electron chi connectivity index (χ3n) is 3.16. The second-order valence-corrected chi connectivity index (χ2v) is 4.30. The van der Waals surface area contributed by atoms with E-state index in [1.165, 1.54) is 12.1 Å². The van der Waals surface area contributed by atoms with Crippen molar-refractivity contribution in [2.75, 3.05) is 7.05 Å². The van der Waals surface area contributed by atoms with Crippen molar-refractivity contribution in [3.63, 3.8) is 0 Å². The highest BCUT2D eigenvalue weighted by atomic mass is 19.1. The van der Waals surface area contributed by atoms with Crippen LogP contribution in [-0.2, 0) is 6.54 Å². The maximum absolute atomic E-state index is 13.6. The van der Waals surface area contributed by atoms with E-state index in [1.807, 2.05) is 13.1 Å². The monoisotopic (exact) mass is 234 g/mol. The number of nitrogens with zero attached hydrogens (tertiary/aromatic N) is 2. The Morgan fingerprint density at radius 2 is 2.00 bits per heavy atom. The van der Waals surface area contributed by atoms with Crippen LogP contribution >= 0.6 is 0 Å². The highest BCUT2D eigenvalue weighted by Gasteiger charge is 2.13. The van der Waals surface area contributed by atoms with Gasteiger partial charge in [0.15, 0.2) is 0 Å². The second kappa shape index (κ2) is 6.36. The molecule has 1 aromatic carbocycles. The maximum atomic E-state index is 13.6. The summed E-state index contributed by atoms with van der Waals surface area (Å²) in [5, 5.41) is 8.80. The number of rotatable bonds is 5. The van der Waals surface area contributed by atoms with Crippen molar-refractivity contribution in [2.24, 2.45) is 0 Å². The van der Waals surface area contributed by atoms with Crippen LogP contribution in [0.3, 0.4) is 0 Å². The zero-order chi connectivity index (χ0) is 12.8. The zero-order valence-electron chi connectivity index (χ0n) is 10.7. The highest BCUT2D eigenvalue weighted by molar-refractivity contribution is 5.33. The first kappa shape index (κ1) is 13.7. The van der Waals surface area contributed by atoms with Gasteiger partial charge in [-0.3, -0.25) is 4.90 Å². The molecule has 0 atom stereocenters. The molecular weight excluding hydrogens is 215 g/mol. The SMILES string of the molecule is CCC(CC)N(C)Cc1cc(C#N)ccc1F. The lowest BCUT2D eigenvalue weighted by atomic mass is 10.1. The van der Waals surface area contributed by atoms with Gasteiger partial charge >= 0.3 is 0 Å². The van der Waals surface area contributed by atoms with Crippen LogP contribution in [0.4, 0.5) is 4.39 Å². The Labute approximate surface area is 103 Å². The number of hydrogen-bond donors (Lipinski definition) is 0. The van der Waals surface area contributed by atoms with Crippen LogP contribution < -0.4 is 0 Å². The van der Waals surface area contributed by atoms with Crippen molar-refractivity contribution in [2.45, 2.75) is 39.3 Å². The van der Waals surface area contributed by atoms with Crippen molar-refractivity contribution in [3.05, 3.63) is 35.1 Å². The highest BCUT2D eigenvalue weighted by Crippen LogP contribution is 2.15. The Morgan fingerprint density at radius 1 is 1.35 bits per heavy atom. The lowest BCUT2D eigenvalue weighted by Gasteiger charge is -2.26. The van der Waals surface area contributed by atoms with E-state index in [9.17, 15) is 4.39 Å². The molecule has 0 radical (unpaired) electrons. The lowest BCUT2D eigenvalue weighted by Crippen LogP contribution is -2.30. The molecule has 0 aliphatic heterocycles. The number of hydrogen-bond acceptors (Lipinski definition) is 2. The minimum absolute atomic E-state index is 0.234. The molecule has 1 rings (SSSR count). The maximum Gasteiger partial charge on any atom is 0.127 e. The molecule has 0 aliphatic rings. The molecule has 2 nitrogen and oxygen atoms in total. The first-order valence-corrected chi connectivity index (χ1v) is 6.01. The minimum atomic E-state index is -0.234. The summed E-state index contributed by atoms with van der Waals surface area (Å²) in [6, 6.07) is 7.01. The van der Waals surface area contributed by atoms with Gasteiger partial charge in [0.05, 0.1) is 11.6 Å². The van der Waals surface area contributed by atoms with E-state index in [2.05, 4.69) is 18.7 Å². The van der Waals surface area contributed by atoms with Crippen molar-refractivity contribution in [1.29, 1.82) is 5.26 Å². The molecule has 0 unspecified atom stereocenters. The Kier molecular flexibility index (Phi) is 5.11. The Bertz CT molecular complexity index is 405. The Morgan fingerprint density at radius 3 is 2.53 bits per heavy atom. The molecule has 0 spiro atoms. The van der Waals surface area contributed by atoms with Gasteiger partial charge in [0.25, 0.3) is 0 Å². The average Bonchev–Trinajstić information content (AvgIpc) is 2.33. The van der Waals surface area contributed by atoms with E-state index in [1.54, 1.807) is 6.07 Å². The molecule has 0 aromatic heterocycles. The summed E-state index contributed by atoms with van der Waals surface area (Å²) in [5.41, 5.74) is 1.11. The molecule has 17 heavy (non-hydrogen) atoms. The normalized spacial score (nSPS) is 10.9. The third kappa shape index (κ3) is 3.54. The smallest absolute Gasteiger partial charge is 0.127 e. The van der Waals surface area contributed by atoms with Gasteiger partial charge in [-0.05, 0) is 38.1 Å². The van der Waals surface area contributed by atoms with Gasteiger partial charge < -0.3 is 0 Å². The zero-order valence-corrected chi connectivity index (χ0v) is 10.7. The summed E-state index contributed by atoms with van der Waals surface area (Å²) in [6.07, 6.45) is 2.10. The van der Waals surface area contributed by atoms with Crippen molar-refractivity contribution in [3.8, 4) is 6.07 Å². The molecule has 3 heteroatoms. The van der Waals surface area contributed by atoms with E-state index in [4.69, 9.17) is 5.26 Å². The number of nitriles is 1. The third-order valence-corrected chi connectivity index (χ3v) is 3.16. The van der Waals surface area contributed by atoms with Crippen LogP contribution in [0.15, 0.2) is 18.2 Å². The number of halogens is 1. The molecule has 0 N–H and O–H groups in total. The molecule has 0 saturated heterocycles. The van der Waals surface area contributed by atoms with Gasteiger partial charge in [-0.25, -0.2) is 4.39 Å². The summed E-state index contributed by atoms with van der Waals surface area (Å²) in [7, 11) is 2.00. The van der Waals surface area contributed by atoms with E-state index in [0.717, 1.165) is 12.8 Å². The van der Waals surface area contributed by atoms with Crippen LogP contribution in [0, 0.1) is 17.1 Å². The van der Waals surface area contributed by atoms with Crippen molar-refractivity contribution < 1.29 is 4.39 Å². The predicted molar refractivity (Wildman–Crippen MR) is 67.0 cm³/mol. The van der Waals surface area contributed by atoms with E-state index in [0.29, 0.717) is 23.7 Å². The van der Waals surface area contributed by atoms with Gasteiger partial charge in [-0.1, -0.05) is 13.8 Å². The van der Waals surface area contributed by atoms with Gasteiger partial charge in [0.1, 0.15) is 5.82 Å². The van der Waals surface area contributed by atoms with Crippen LogP contribution in [-0.4, -0.2) is 18.0 Å². The summed E-state index contributed by atoms with van der Waals surface area (Å²) < 4.78 is 13.6. The first-order chi connectivity index (χ1) is 8.12. The molecule has 0 amide bonds. The molecule has 1 aromatic rings. The van der Waals surface area contributed by atoms with Gasteiger partial charge in [-0.2, -0.15) is 5.26 Å². The quantitative estimate of drug-likeness (QED) is 0.781. The Hall–Kier alpha value is -1.40. The largest absolute Gasteiger partial charge is 0.299 e. The summed E-state index contributed by atoms with van der Waals surface area (Å²) in [6.45, 7) is 4.81. The topological polar surface area (TPSA) is 27.0 Å². The van der Waals surface area contributed by atoms with Crippen LogP contribution in [0.1, 0.15) is 37.8 Å². The predicted octanol–water partition coefficient (Wildman–Crippen LogP) is 3.32.